The largest absolute Gasteiger partial charge is 0.508 e. The van der Waals surface area contributed by atoms with Gasteiger partial charge >= 0.3 is 6.03 Å². The van der Waals surface area contributed by atoms with E-state index in [1.54, 1.807) is 4.90 Å². The van der Waals surface area contributed by atoms with Gasteiger partial charge in [-0.15, -0.1) is 0 Å². The second-order valence-electron chi connectivity index (χ2n) is 8.56. The number of ether oxygens (including phenoxy) is 1. The maximum atomic E-state index is 13.1. The minimum Gasteiger partial charge on any atom is -0.508 e. The number of phenolic OH excluding ortho intramolecular Hbond substituents is 1. The molecule has 1 saturated heterocycles. The number of carbonyl (C=O) groups excluding carboxylic acids is 3. The molecule has 2 aliphatic heterocycles. The molecule has 11 nitrogen and oxygen atoms in total. The number of phenols is 1. The number of benzene rings is 3. The van der Waals surface area contributed by atoms with E-state index in [-0.39, 0.29) is 35.9 Å². The van der Waals surface area contributed by atoms with Crippen molar-refractivity contribution < 1.29 is 37.2 Å². The van der Waals surface area contributed by atoms with Crippen LogP contribution in [-0.4, -0.2) is 48.2 Å². The van der Waals surface area contributed by atoms with Crippen LogP contribution in [0.3, 0.4) is 0 Å². The van der Waals surface area contributed by atoms with Crippen molar-refractivity contribution in [2.45, 2.75) is 6.42 Å². The van der Waals surface area contributed by atoms with Crippen molar-refractivity contribution >= 4 is 50.1 Å². The number of hydrogen-bond donors (Lipinski definition) is 3. The van der Waals surface area contributed by atoms with Crippen molar-refractivity contribution in [3.05, 3.63) is 84.3 Å². The molecule has 0 spiro atoms. The Morgan fingerprint density at radius 2 is 1.63 bits per heavy atom. The van der Waals surface area contributed by atoms with Gasteiger partial charge in [0.1, 0.15) is 11.3 Å². The molecule has 1 fully saturated rings. The highest BCUT2D eigenvalue weighted by Crippen LogP contribution is 2.42. The summed E-state index contributed by atoms with van der Waals surface area (Å²) < 4.78 is 37.7. The van der Waals surface area contributed by atoms with Crippen LogP contribution in [0.2, 0.25) is 0 Å². The summed E-state index contributed by atoms with van der Waals surface area (Å²) in [7, 11) is -4.18. The normalized spacial score (nSPS) is 17.8. The van der Waals surface area contributed by atoms with Crippen LogP contribution in [0.5, 0.6) is 11.5 Å². The Bertz CT molecular complexity index is 1640. The maximum Gasteiger partial charge on any atom is 0.335 e. The van der Waals surface area contributed by atoms with Gasteiger partial charge in [0.05, 0.1) is 17.1 Å². The number of barbiturate groups is 1. The molecule has 2 aliphatic rings. The van der Waals surface area contributed by atoms with Gasteiger partial charge in [0.15, 0.2) is 5.75 Å². The molecule has 12 heteroatoms. The highest BCUT2D eigenvalue weighted by Gasteiger charge is 2.37. The molecule has 4 amide bonds. The summed E-state index contributed by atoms with van der Waals surface area (Å²) in [6, 6.07) is 15.7. The smallest absolute Gasteiger partial charge is 0.335 e. The first-order valence-corrected chi connectivity index (χ1v) is 13.1. The molecule has 3 aromatic carbocycles. The Labute approximate surface area is 217 Å². The zero-order chi connectivity index (χ0) is 27.0. The lowest BCUT2D eigenvalue weighted by atomic mass is 10.1. The lowest BCUT2D eigenvalue weighted by Crippen LogP contribution is -2.54. The minimum absolute atomic E-state index is 0.0603. The number of allylic oxidation sites excluding steroid dienone is 2. The van der Waals surface area contributed by atoms with Gasteiger partial charge in [-0.1, -0.05) is 24.3 Å². The maximum absolute atomic E-state index is 13.1. The van der Waals surface area contributed by atoms with Crippen LogP contribution in [0.4, 0.5) is 16.2 Å². The average molecular weight is 536 g/mol. The predicted octanol–water partition coefficient (Wildman–Crippen LogP) is 3.07. The lowest BCUT2D eigenvalue weighted by Gasteiger charge is -2.26. The van der Waals surface area contributed by atoms with Crippen molar-refractivity contribution in [2.75, 3.05) is 22.1 Å². The third-order valence-electron chi connectivity index (χ3n) is 5.98. The van der Waals surface area contributed by atoms with Crippen LogP contribution in [0.25, 0.3) is 10.8 Å². The summed E-state index contributed by atoms with van der Waals surface area (Å²) in [5.41, 5.74) is 0.455. The van der Waals surface area contributed by atoms with Crippen LogP contribution in [0.1, 0.15) is 6.42 Å². The molecule has 0 bridgehead atoms. The Hall–Kier alpha value is -4.68. The van der Waals surface area contributed by atoms with Crippen molar-refractivity contribution in [1.29, 1.82) is 0 Å². The summed E-state index contributed by atoms with van der Waals surface area (Å²) in [5, 5.41) is 13.5. The fourth-order valence-corrected chi connectivity index (χ4v) is 4.71. The molecule has 38 heavy (non-hydrogen) atoms. The molecule has 5 rings (SSSR count). The van der Waals surface area contributed by atoms with E-state index in [1.807, 2.05) is 36.4 Å². The summed E-state index contributed by atoms with van der Waals surface area (Å²) in [6.45, 7) is 0.151. The number of hydrogen-bond acceptors (Lipinski definition) is 8. The number of anilines is 2. The van der Waals surface area contributed by atoms with E-state index in [9.17, 15) is 27.9 Å². The van der Waals surface area contributed by atoms with Gasteiger partial charge < -0.3 is 14.7 Å². The zero-order valence-electron chi connectivity index (χ0n) is 19.7. The van der Waals surface area contributed by atoms with Gasteiger partial charge in [-0.2, -0.15) is 8.42 Å². The monoisotopic (exact) mass is 535 g/mol. The molecule has 0 aliphatic carbocycles. The highest BCUT2D eigenvalue weighted by atomic mass is 32.2. The van der Waals surface area contributed by atoms with Crippen LogP contribution >= 0.6 is 0 Å². The fraction of sp³-hybridized carbons (Fsp3) is 0.115. The third-order valence-corrected chi connectivity index (χ3v) is 6.79. The van der Waals surface area contributed by atoms with Crippen molar-refractivity contribution in [3.63, 3.8) is 0 Å². The number of nitrogens with one attached hydrogen (secondary N) is 1. The van der Waals surface area contributed by atoms with Crippen molar-refractivity contribution in [2.24, 2.45) is 0 Å². The van der Waals surface area contributed by atoms with Gasteiger partial charge in [0, 0.05) is 6.54 Å². The first-order chi connectivity index (χ1) is 18.1. The predicted molar refractivity (Wildman–Crippen MR) is 138 cm³/mol. The molecule has 0 radical (unpaired) electrons. The Kier molecular flexibility index (Phi) is 6.35. The standard InChI is InChI=1S/C26H21N3O8S/c30-19-8-6-18(7-9-19)29-25(32)20(24(31)27-26(29)33)10-11-23-28(12-3-13-38(34,35)36)21-14-16-4-1-2-5-17(16)15-22(21)37-23/h1-2,4-11,14-15,30H,3,12-13H2,(H,27,31,33)(H,34,35,36)/b20-10+,23-11-. The number of amides is 4. The molecule has 0 unspecified atom stereocenters. The highest BCUT2D eigenvalue weighted by molar-refractivity contribution is 7.85. The number of urea groups is 1. The fourth-order valence-electron chi connectivity index (χ4n) is 4.21. The van der Waals surface area contributed by atoms with Gasteiger partial charge in [0.2, 0.25) is 5.88 Å². The number of fused-ring (bicyclic) bond motifs is 2. The molecule has 2 heterocycles. The molecule has 3 aromatic rings. The van der Waals surface area contributed by atoms with Crippen LogP contribution in [0, 0.1) is 0 Å². The third kappa shape index (κ3) is 4.94. The minimum atomic E-state index is -4.18. The molecular weight excluding hydrogens is 514 g/mol. The van der Waals surface area contributed by atoms with Gasteiger partial charge in [0.25, 0.3) is 21.9 Å². The molecule has 194 valence electrons. The molecule has 0 saturated carbocycles. The summed E-state index contributed by atoms with van der Waals surface area (Å²) >= 11 is 0. The number of nitrogens with zero attached hydrogens (tertiary/aromatic N) is 2. The van der Waals surface area contributed by atoms with E-state index >= 15 is 0 Å². The second kappa shape index (κ2) is 9.65. The molecule has 0 aromatic heterocycles. The van der Waals surface area contributed by atoms with E-state index in [0.29, 0.717) is 11.4 Å². The topological polar surface area (TPSA) is 154 Å². The van der Waals surface area contributed by atoms with E-state index in [4.69, 9.17) is 9.29 Å². The summed E-state index contributed by atoms with van der Waals surface area (Å²) in [5.74, 6) is -1.60. The first-order valence-electron chi connectivity index (χ1n) is 11.4. The number of rotatable bonds is 6. The zero-order valence-corrected chi connectivity index (χ0v) is 20.5. The number of carbonyl (C=O) groups is 3. The van der Waals surface area contributed by atoms with Crippen LogP contribution < -0.4 is 19.9 Å². The Morgan fingerprint density at radius 3 is 2.32 bits per heavy atom. The Balaban J connectivity index is 1.50. The van der Waals surface area contributed by atoms with E-state index in [1.165, 1.54) is 36.4 Å². The first kappa shape index (κ1) is 25.0. The molecular formula is C26H21N3O8S. The average Bonchev–Trinajstić information content (AvgIpc) is 3.18. The number of aromatic hydroxyl groups is 1. The van der Waals surface area contributed by atoms with Gasteiger partial charge in [-0.25, -0.2) is 9.69 Å². The van der Waals surface area contributed by atoms with E-state index in [0.717, 1.165) is 15.7 Å². The van der Waals surface area contributed by atoms with Gasteiger partial charge in [-0.3, -0.25) is 19.5 Å². The van der Waals surface area contributed by atoms with Crippen LogP contribution in [-0.2, 0) is 19.7 Å². The van der Waals surface area contributed by atoms with Gasteiger partial charge in [-0.05, 0) is 65.7 Å². The van der Waals surface area contributed by atoms with E-state index < -0.39 is 33.7 Å². The molecule has 0 atom stereocenters. The quantitative estimate of drug-likeness (QED) is 0.245. The lowest BCUT2D eigenvalue weighted by molar-refractivity contribution is -0.122. The molecule has 3 N–H and O–H groups in total. The van der Waals surface area contributed by atoms with Crippen molar-refractivity contribution in [1.82, 2.24) is 5.32 Å². The second-order valence-corrected chi connectivity index (χ2v) is 10.1. The Morgan fingerprint density at radius 1 is 0.947 bits per heavy atom. The van der Waals surface area contributed by atoms with Crippen LogP contribution in [0.15, 0.2) is 84.3 Å². The van der Waals surface area contributed by atoms with E-state index in [2.05, 4.69) is 5.32 Å². The summed E-state index contributed by atoms with van der Waals surface area (Å²) in [4.78, 5) is 40.5. The number of imide groups is 2. The summed E-state index contributed by atoms with van der Waals surface area (Å²) in [6.07, 6.45) is 2.68. The van der Waals surface area contributed by atoms with Crippen molar-refractivity contribution in [3.8, 4) is 11.5 Å². The SMILES string of the molecule is O=C1NC(=O)N(c2ccc(O)cc2)C(=O)/C1=C/C=C1\Oc2cc3ccccc3cc2N1CCCS(=O)(=O)O.